The monoisotopic (exact) mass is 462 g/mol. The molecular weight excluding hydrogens is 441 g/mol. The van der Waals surface area contributed by atoms with Crippen molar-refractivity contribution in [3.8, 4) is 0 Å². The number of benzene rings is 3. The number of para-hydroxylation sites is 1. The van der Waals surface area contributed by atoms with Gasteiger partial charge in [-0.3, -0.25) is 0 Å². The van der Waals surface area contributed by atoms with E-state index in [0.717, 1.165) is 28.7 Å². The molecule has 1 aliphatic heterocycles. The number of halogens is 3. The van der Waals surface area contributed by atoms with Gasteiger partial charge in [0, 0.05) is 28.1 Å². The number of esters is 1. The summed E-state index contributed by atoms with van der Waals surface area (Å²) < 4.78 is 46.4. The van der Waals surface area contributed by atoms with Gasteiger partial charge in [0.2, 0.25) is 5.90 Å². The van der Waals surface area contributed by atoms with Gasteiger partial charge in [-0.2, -0.15) is 13.2 Å². The highest BCUT2D eigenvalue weighted by atomic mass is 19.4. The van der Waals surface area contributed by atoms with Crippen LogP contribution in [0.15, 0.2) is 83.9 Å². The van der Waals surface area contributed by atoms with E-state index >= 15 is 0 Å². The van der Waals surface area contributed by atoms with Gasteiger partial charge in [-0.05, 0) is 49.2 Å². The van der Waals surface area contributed by atoms with Crippen LogP contribution in [0.3, 0.4) is 0 Å². The second-order valence-electron chi connectivity index (χ2n) is 8.59. The molecule has 0 saturated heterocycles. The van der Waals surface area contributed by atoms with Gasteiger partial charge in [0.15, 0.2) is 5.54 Å². The molecule has 0 aliphatic carbocycles. The molecule has 172 valence electrons. The van der Waals surface area contributed by atoms with Crippen molar-refractivity contribution in [1.29, 1.82) is 0 Å². The number of fused-ring (bicyclic) bond motifs is 1. The number of aryl methyl sites for hydroxylation is 1. The number of alkyl halides is 3. The first-order valence-electron chi connectivity index (χ1n) is 10.8. The lowest BCUT2D eigenvalue weighted by atomic mass is 9.75. The Morgan fingerprint density at radius 3 is 2.41 bits per heavy atom. The van der Waals surface area contributed by atoms with Crippen molar-refractivity contribution in [3.63, 3.8) is 0 Å². The molecule has 7 heteroatoms. The predicted octanol–water partition coefficient (Wildman–Crippen LogP) is 6.39. The molecule has 4 nitrogen and oxygen atoms in total. The molecule has 0 amide bonds. The van der Waals surface area contributed by atoms with Crippen molar-refractivity contribution in [2.24, 2.45) is 4.99 Å². The minimum atomic E-state index is -4.52. The Balaban J connectivity index is 1.77. The molecule has 4 aromatic rings. The molecule has 34 heavy (non-hydrogen) atoms. The molecule has 2 heterocycles. The zero-order valence-corrected chi connectivity index (χ0v) is 18.5. The summed E-state index contributed by atoms with van der Waals surface area (Å²) in [5.74, 6) is -1.28. The summed E-state index contributed by atoms with van der Waals surface area (Å²) in [6, 6.07) is 21.6. The van der Waals surface area contributed by atoms with E-state index < -0.39 is 29.2 Å². The van der Waals surface area contributed by atoms with Crippen LogP contribution in [-0.2, 0) is 15.7 Å². The standard InChI is InChI=1S/C27H21F3N2O2/c1-16-22(20-13-6-7-14-21(20)31-16)23(18-11-8-12-19(15-18)27(28,29)30)26(2)25(33)34-24(32-26)17-9-4-3-5-10-17/h3-15,23,31H,1-2H3/t23-,26+/m1/s1. The molecule has 0 bridgehead atoms. The van der Waals surface area contributed by atoms with E-state index in [2.05, 4.69) is 4.98 Å². The molecule has 0 fully saturated rings. The lowest BCUT2D eigenvalue weighted by Gasteiger charge is -2.30. The molecule has 1 aliphatic rings. The van der Waals surface area contributed by atoms with E-state index in [1.165, 1.54) is 6.07 Å². The zero-order valence-electron chi connectivity index (χ0n) is 18.5. The average molecular weight is 462 g/mol. The lowest BCUT2D eigenvalue weighted by Crippen LogP contribution is -2.38. The van der Waals surface area contributed by atoms with Crippen LogP contribution in [0.25, 0.3) is 10.9 Å². The number of nitrogens with one attached hydrogen (secondary N) is 1. The smallest absolute Gasteiger partial charge is 0.405 e. The number of rotatable bonds is 4. The SMILES string of the molecule is Cc1[nH]c2ccccc2c1[C@@H](c1cccc(C(F)(F)F)c1)[C@]1(C)N=C(c2ccccc2)OC1=O. The van der Waals surface area contributed by atoms with Gasteiger partial charge in [-0.1, -0.05) is 54.6 Å². The number of ether oxygens (including phenoxy) is 1. The van der Waals surface area contributed by atoms with E-state index in [1.54, 1.807) is 37.3 Å². The van der Waals surface area contributed by atoms with E-state index in [1.807, 2.05) is 37.3 Å². The number of aliphatic imine (C=N–C) groups is 1. The molecule has 1 N–H and O–H groups in total. The first-order chi connectivity index (χ1) is 16.2. The lowest BCUT2D eigenvalue weighted by molar-refractivity contribution is -0.138. The molecule has 0 saturated carbocycles. The van der Waals surface area contributed by atoms with Crippen molar-refractivity contribution in [3.05, 3.63) is 107 Å². The minimum absolute atomic E-state index is 0.155. The number of aromatic nitrogens is 1. The second kappa shape index (κ2) is 7.87. The Bertz CT molecular complexity index is 1420. The van der Waals surface area contributed by atoms with Crippen LogP contribution in [-0.4, -0.2) is 22.4 Å². The normalized spacial score (nSPS) is 19.2. The van der Waals surface area contributed by atoms with Crippen LogP contribution >= 0.6 is 0 Å². The quantitative estimate of drug-likeness (QED) is 0.357. The summed E-state index contributed by atoms with van der Waals surface area (Å²) in [5, 5.41) is 0.819. The Hall–Kier alpha value is -3.87. The Morgan fingerprint density at radius 1 is 0.971 bits per heavy atom. The topological polar surface area (TPSA) is 54.4 Å². The first-order valence-corrected chi connectivity index (χ1v) is 10.8. The van der Waals surface area contributed by atoms with Gasteiger partial charge in [0.05, 0.1) is 5.56 Å². The second-order valence-corrected chi connectivity index (χ2v) is 8.59. The van der Waals surface area contributed by atoms with E-state index in [4.69, 9.17) is 9.73 Å². The van der Waals surface area contributed by atoms with E-state index in [9.17, 15) is 18.0 Å². The van der Waals surface area contributed by atoms with Gasteiger partial charge in [-0.25, -0.2) is 9.79 Å². The fraction of sp³-hybridized carbons (Fsp3) is 0.185. The van der Waals surface area contributed by atoms with Gasteiger partial charge < -0.3 is 9.72 Å². The van der Waals surface area contributed by atoms with Gasteiger partial charge in [0.25, 0.3) is 0 Å². The van der Waals surface area contributed by atoms with Crippen molar-refractivity contribution in [2.75, 3.05) is 0 Å². The van der Waals surface area contributed by atoms with Crippen molar-refractivity contribution in [1.82, 2.24) is 4.98 Å². The van der Waals surface area contributed by atoms with Crippen LogP contribution in [0.2, 0.25) is 0 Å². The summed E-state index contributed by atoms with van der Waals surface area (Å²) >= 11 is 0. The fourth-order valence-corrected chi connectivity index (χ4v) is 4.69. The third-order valence-corrected chi connectivity index (χ3v) is 6.30. The van der Waals surface area contributed by atoms with Crippen molar-refractivity contribution < 1.29 is 22.7 Å². The Labute approximate surface area is 194 Å². The number of aromatic amines is 1. The van der Waals surface area contributed by atoms with Crippen molar-refractivity contribution >= 4 is 22.8 Å². The van der Waals surface area contributed by atoms with E-state index in [-0.39, 0.29) is 5.90 Å². The van der Waals surface area contributed by atoms with Crippen LogP contribution in [0, 0.1) is 6.92 Å². The number of hydrogen-bond acceptors (Lipinski definition) is 3. The molecule has 0 spiro atoms. The average Bonchev–Trinajstić information content (AvgIpc) is 3.30. The highest BCUT2D eigenvalue weighted by Crippen LogP contribution is 2.46. The number of carbonyl (C=O) groups excluding carboxylic acids is 1. The summed E-state index contributed by atoms with van der Waals surface area (Å²) in [7, 11) is 0. The molecule has 0 radical (unpaired) electrons. The number of carbonyl (C=O) groups is 1. The number of H-pyrrole nitrogens is 1. The third-order valence-electron chi connectivity index (χ3n) is 6.30. The molecular formula is C27H21F3N2O2. The third kappa shape index (κ3) is 3.57. The van der Waals surface area contributed by atoms with Gasteiger partial charge in [0.1, 0.15) is 0 Å². The molecule has 3 aromatic carbocycles. The predicted molar refractivity (Wildman–Crippen MR) is 124 cm³/mol. The Morgan fingerprint density at radius 2 is 1.68 bits per heavy atom. The Kier molecular flexibility index (Phi) is 5.08. The fourth-order valence-electron chi connectivity index (χ4n) is 4.69. The maximum absolute atomic E-state index is 13.6. The summed E-state index contributed by atoms with van der Waals surface area (Å²) in [4.78, 5) is 21.3. The highest BCUT2D eigenvalue weighted by molar-refractivity contribution is 6.08. The summed E-state index contributed by atoms with van der Waals surface area (Å²) in [5.41, 5.74) is 0.987. The molecule has 2 atom stereocenters. The van der Waals surface area contributed by atoms with Crippen LogP contribution in [0.5, 0.6) is 0 Å². The molecule has 0 unspecified atom stereocenters. The van der Waals surface area contributed by atoms with Crippen LogP contribution < -0.4 is 0 Å². The first kappa shape index (κ1) is 21.9. The van der Waals surface area contributed by atoms with Gasteiger partial charge in [-0.15, -0.1) is 0 Å². The minimum Gasteiger partial charge on any atom is -0.405 e. The largest absolute Gasteiger partial charge is 0.416 e. The number of cyclic esters (lactones) is 1. The molecule has 1 aromatic heterocycles. The van der Waals surface area contributed by atoms with Gasteiger partial charge >= 0.3 is 12.1 Å². The maximum Gasteiger partial charge on any atom is 0.416 e. The van der Waals surface area contributed by atoms with Crippen LogP contribution in [0.4, 0.5) is 13.2 Å². The summed E-state index contributed by atoms with van der Waals surface area (Å²) in [6.07, 6.45) is -4.52. The van der Waals surface area contributed by atoms with E-state index in [0.29, 0.717) is 16.7 Å². The zero-order chi connectivity index (χ0) is 24.1. The van der Waals surface area contributed by atoms with Crippen molar-refractivity contribution in [2.45, 2.75) is 31.5 Å². The maximum atomic E-state index is 13.6. The summed E-state index contributed by atoms with van der Waals surface area (Å²) in [6.45, 7) is 3.47. The number of hydrogen-bond donors (Lipinski definition) is 1. The van der Waals surface area contributed by atoms with Crippen LogP contribution in [0.1, 0.15) is 40.8 Å². The molecule has 5 rings (SSSR count). The number of nitrogens with zero attached hydrogens (tertiary/aromatic N) is 1. The highest BCUT2D eigenvalue weighted by Gasteiger charge is 2.51.